The number of hydrogen-bond donors (Lipinski definition) is 1. The van der Waals surface area contributed by atoms with Crippen molar-refractivity contribution in [3.05, 3.63) is 43.8 Å². The molecular formula is C13H10BrF3N2OS. The summed E-state index contributed by atoms with van der Waals surface area (Å²) in [7, 11) is 0. The number of carbonyl (C=O) groups excluding carboxylic acids is 1. The van der Waals surface area contributed by atoms with Crippen LogP contribution in [0.5, 0.6) is 0 Å². The van der Waals surface area contributed by atoms with Crippen molar-refractivity contribution in [2.75, 3.05) is 5.32 Å². The minimum atomic E-state index is -4.49. The van der Waals surface area contributed by atoms with Crippen LogP contribution in [0.2, 0.25) is 0 Å². The molecule has 1 heterocycles. The summed E-state index contributed by atoms with van der Waals surface area (Å²) in [6.45, 7) is 3.44. The highest BCUT2D eigenvalue weighted by Gasteiger charge is 2.33. The van der Waals surface area contributed by atoms with Gasteiger partial charge in [0.15, 0.2) is 0 Å². The molecule has 0 saturated carbocycles. The van der Waals surface area contributed by atoms with Gasteiger partial charge in [0.1, 0.15) is 4.88 Å². The lowest BCUT2D eigenvalue weighted by Crippen LogP contribution is -2.13. The minimum absolute atomic E-state index is 0.0715. The Kier molecular flexibility index (Phi) is 4.38. The van der Waals surface area contributed by atoms with Crippen LogP contribution in [0.1, 0.15) is 25.9 Å². The van der Waals surface area contributed by atoms with Crippen LogP contribution in [0.15, 0.2) is 22.7 Å². The zero-order chi connectivity index (χ0) is 15.8. The van der Waals surface area contributed by atoms with E-state index in [2.05, 4.69) is 26.2 Å². The lowest BCUT2D eigenvalue weighted by molar-refractivity contribution is -0.138. The van der Waals surface area contributed by atoms with Crippen LogP contribution in [0.25, 0.3) is 0 Å². The Labute approximate surface area is 131 Å². The molecule has 112 valence electrons. The molecule has 0 spiro atoms. The van der Waals surface area contributed by atoms with E-state index in [1.165, 1.54) is 23.5 Å². The lowest BCUT2D eigenvalue weighted by Gasteiger charge is -2.11. The van der Waals surface area contributed by atoms with Crippen LogP contribution < -0.4 is 5.32 Å². The number of nitrogens with one attached hydrogen (secondary N) is 1. The van der Waals surface area contributed by atoms with Crippen LogP contribution in [0.4, 0.5) is 18.9 Å². The van der Waals surface area contributed by atoms with Crippen LogP contribution in [-0.2, 0) is 6.18 Å². The Morgan fingerprint density at radius 3 is 2.52 bits per heavy atom. The second-order valence-corrected chi connectivity index (χ2v) is 6.35. The van der Waals surface area contributed by atoms with E-state index >= 15 is 0 Å². The van der Waals surface area contributed by atoms with Gasteiger partial charge in [-0.05, 0) is 32.0 Å². The Morgan fingerprint density at radius 1 is 1.33 bits per heavy atom. The van der Waals surface area contributed by atoms with Crippen molar-refractivity contribution in [3.8, 4) is 0 Å². The fraction of sp³-hybridized carbons (Fsp3) is 0.231. The van der Waals surface area contributed by atoms with Gasteiger partial charge in [-0.2, -0.15) is 13.2 Å². The summed E-state index contributed by atoms with van der Waals surface area (Å²) in [5.41, 5.74) is -0.193. The Hall–Kier alpha value is -1.41. The molecular weight excluding hydrogens is 369 g/mol. The van der Waals surface area contributed by atoms with Gasteiger partial charge >= 0.3 is 6.18 Å². The van der Waals surface area contributed by atoms with Crippen LogP contribution in [0, 0.1) is 13.8 Å². The number of benzene rings is 1. The van der Waals surface area contributed by atoms with E-state index in [4.69, 9.17) is 0 Å². The second-order valence-electron chi connectivity index (χ2n) is 4.29. The summed E-state index contributed by atoms with van der Waals surface area (Å²) in [6, 6.07) is 3.55. The molecule has 0 fully saturated rings. The van der Waals surface area contributed by atoms with Gasteiger partial charge in [0.05, 0.1) is 16.3 Å². The van der Waals surface area contributed by atoms with E-state index < -0.39 is 17.6 Å². The summed E-state index contributed by atoms with van der Waals surface area (Å²) in [5, 5.41) is 3.19. The van der Waals surface area contributed by atoms with Gasteiger partial charge in [-0.25, -0.2) is 4.98 Å². The highest BCUT2D eigenvalue weighted by Crippen LogP contribution is 2.36. The number of aryl methyl sites for hydroxylation is 2. The number of aromatic nitrogens is 1. The molecule has 1 amide bonds. The minimum Gasteiger partial charge on any atom is -0.321 e. The number of anilines is 1. The zero-order valence-electron chi connectivity index (χ0n) is 11.0. The van der Waals surface area contributed by atoms with Gasteiger partial charge in [-0.3, -0.25) is 4.79 Å². The molecule has 1 aromatic heterocycles. The molecule has 0 saturated heterocycles. The van der Waals surface area contributed by atoms with E-state index in [0.29, 0.717) is 10.6 Å². The van der Waals surface area contributed by atoms with Crippen molar-refractivity contribution in [2.45, 2.75) is 20.0 Å². The first kappa shape index (κ1) is 16.0. The third-order valence-electron chi connectivity index (χ3n) is 2.64. The predicted octanol–water partition coefficient (Wildman–Crippen LogP) is 4.79. The van der Waals surface area contributed by atoms with Crippen molar-refractivity contribution in [3.63, 3.8) is 0 Å². The zero-order valence-corrected chi connectivity index (χ0v) is 13.4. The number of thiazole rings is 1. The first-order chi connectivity index (χ1) is 9.68. The van der Waals surface area contributed by atoms with E-state index in [9.17, 15) is 18.0 Å². The fourth-order valence-corrected chi connectivity index (χ4v) is 3.04. The molecule has 2 aromatic rings. The van der Waals surface area contributed by atoms with Gasteiger partial charge < -0.3 is 5.32 Å². The molecule has 3 nitrogen and oxygen atoms in total. The quantitative estimate of drug-likeness (QED) is 0.815. The molecule has 0 atom stereocenters. The molecule has 1 N–H and O–H groups in total. The largest absolute Gasteiger partial charge is 0.417 e. The van der Waals surface area contributed by atoms with Crippen molar-refractivity contribution in [1.29, 1.82) is 0 Å². The van der Waals surface area contributed by atoms with Gasteiger partial charge in [0.2, 0.25) is 0 Å². The highest BCUT2D eigenvalue weighted by molar-refractivity contribution is 9.10. The highest BCUT2D eigenvalue weighted by atomic mass is 79.9. The Morgan fingerprint density at radius 2 is 2.00 bits per heavy atom. The summed E-state index contributed by atoms with van der Waals surface area (Å²) in [4.78, 5) is 16.6. The topological polar surface area (TPSA) is 42.0 Å². The number of rotatable bonds is 2. The van der Waals surface area contributed by atoms with E-state index in [0.717, 1.165) is 11.1 Å². The first-order valence-electron chi connectivity index (χ1n) is 5.80. The SMILES string of the molecule is Cc1nc(C)c(C(=O)Nc2ccc(Br)c(C(F)(F)F)c2)s1. The van der Waals surface area contributed by atoms with Gasteiger partial charge in [0, 0.05) is 10.2 Å². The van der Waals surface area contributed by atoms with Crippen molar-refractivity contribution < 1.29 is 18.0 Å². The third kappa shape index (κ3) is 3.62. The van der Waals surface area contributed by atoms with Crippen LogP contribution in [-0.4, -0.2) is 10.9 Å². The standard InChI is InChI=1S/C13H10BrF3N2OS/c1-6-11(21-7(2)18-6)12(20)19-8-3-4-10(14)9(5-8)13(15,16)17/h3-5H,1-2H3,(H,19,20). The molecule has 0 radical (unpaired) electrons. The van der Waals surface area contributed by atoms with E-state index in [1.807, 2.05) is 0 Å². The molecule has 0 aliphatic heterocycles. The maximum absolute atomic E-state index is 12.8. The summed E-state index contributed by atoms with van der Waals surface area (Å²) in [5.74, 6) is -0.464. The third-order valence-corrected chi connectivity index (χ3v) is 4.40. The molecule has 1 aromatic carbocycles. The first-order valence-corrected chi connectivity index (χ1v) is 7.41. The molecule has 0 bridgehead atoms. The molecule has 8 heteroatoms. The molecule has 0 unspecified atom stereocenters. The van der Waals surface area contributed by atoms with Crippen molar-refractivity contribution >= 4 is 38.9 Å². The average Bonchev–Trinajstić information content (AvgIpc) is 2.69. The summed E-state index contributed by atoms with van der Waals surface area (Å²) >= 11 is 4.05. The van der Waals surface area contributed by atoms with Crippen molar-refractivity contribution in [2.24, 2.45) is 0 Å². The maximum atomic E-state index is 12.8. The lowest BCUT2D eigenvalue weighted by atomic mass is 10.2. The van der Waals surface area contributed by atoms with Gasteiger partial charge in [-0.15, -0.1) is 11.3 Å². The summed E-state index contributed by atoms with van der Waals surface area (Å²) in [6.07, 6.45) is -4.49. The molecule has 21 heavy (non-hydrogen) atoms. The van der Waals surface area contributed by atoms with E-state index in [-0.39, 0.29) is 10.2 Å². The number of amides is 1. The average molecular weight is 379 g/mol. The van der Waals surface area contributed by atoms with Crippen LogP contribution in [0.3, 0.4) is 0 Å². The number of nitrogens with zero attached hydrogens (tertiary/aromatic N) is 1. The molecule has 0 aliphatic carbocycles. The van der Waals surface area contributed by atoms with Gasteiger partial charge in [-0.1, -0.05) is 15.9 Å². The predicted molar refractivity (Wildman–Crippen MR) is 78.7 cm³/mol. The van der Waals surface area contributed by atoms with Gasteiger partial charge in [0.25, 0.3) is 5.91 Å². The number of halogens is 4. The van der Waals surface area contributed by atoms with Crippen molar-refractivity contribution in [1.82, 2.24) is 4.98 Å². The molecule has 2 rings (SSSR count). The maximum Gasteiger partial charge on any atom is 0.417 e. The second kappa shape index (κ2) is 5.76. The smallest absolute Gasteiger partial charge is 0.321 e. The Balaban J connectivity index is 2.28. The number of hydrogen-bond acceptors (Lipinski definition) is 3. The van der Waals surface area contributed by atoms with Crippen LogP contribution >= 0.6 is 27.3 Å². The Bertz CT molecular complexity index is 697. The fourth-order valence-electron chi connectivity index (χ4n) is 1.75. The number of alkyl halides is 3. The normalized spacial score (nSPS) is 11.5. The molecule has 0 aliphatic rings. The summed E-state index contributed by atoms with van der Waals surface area (Å²) < 4.78 is 38.3. The van der Waals surface area contributed by atoms with E-state index in [1.54, 1.807) is 13.8 Å². The monoisotopic (exact) mass is 378 g/mol. The number of carbonyl (C=O) groups is 1.